The van der Waals surface area contributed by atoms with Crippen molar-refractivity contribution in [1.29, 1.82) is 0 Å². The zero-order valence-corrected chi connectivity index (χ0v) is 28.9. The topological polar surface area (TPSA) is 83.8 Å². The second-order valence-corrected chi connectivity index (χ2v) is 12.8. The Kier molecular flexibility index (Phi) is 39.6. The highest BCUT2D eigenvalue weighted by Crippen LogP contribution is 2.12. The fourth-order valence-electron chi connectivity index (χ4n) is 5.01. The first-order valence-corrected chi connectivity index (χ1v) is 19.4. The Morgan fingerprint density at radius 1 is 0.405 bits per heavy atom. The number of hydrogen-bond donors (Lipinski definition) is 2. The van der Waals surface area contributed by atoms with Crippen molar-refractivity contribution in [2.45, 2.75) is 194 Å². The zero-order valence-electron chi connectivity index (χ0n) is 28.1. The molecule has 252 valence electrons. The lowest BCUT2D eigenvalue weighted by Crippen LogP contribution is -1.97. The molecule has 6 heteroatoms. The third-order valence-electron chi connectivity index (χ3n) is 7.60. The van der Waals surface area contributed by atoms with Crippen LogP contribution in [0.4, 0.5) is 0 Å². The summed E-state index contributed by atoms with van der Waals surface area (Å²) in [6.45, 7) is 6.54. The van der Waals surface area contributed by atoms with Gasteiger partial charge in [0.05, 0.1) is 0 Å². The summed E-state index contributed by atoms with van der Waals surface area (Å²) in [4.78, 5) is 0. The largest absolute Gasteiger partial charge is 0.394 e. The number of ether oxygens (including phenoxy) is 1. The molecule has 0 aliphatic carbocycles. The summed E-state index contributed by atoms with van der Waals surface area (Å²) < 4.78 is 37.4. The van der Waals surface area contributed by atoms with Crippen LogP contribution in [0, 0.1) is 0 Å². The Bertz CT molecular complexity index is 597. The van der Waals surface area contributed by atoms with E-state index >= 15 is 0 Å². The zero-order chi connectivity index (χ0) is 31.2. The van der Waals surface area contributed by atoms with Crippen LogP contribution in [0.5, 0.6) is 0 Å². The van der Waals surface area contributed by atoms with Crippen LogP contribution in [0.1, 0.15) is 194 Å². The maximum Gasteiger partial charge on any atom is 0.394 e. The molecule has 0 aromatic carbocycles. The number of unbranched alkanes of at least 4 members (excludes halogenated alkanes) is 24. The second-order valence-electron chi connectivity index (χ2n) is 11.9. The standard InChI is InChI=1S/C36H70O.H2O4S/c1-3-5-7-9-11-13-15-17-19-21-23-25-27-29-31-33-35-37-36-34-32-30-28-26-24-22-20-18-16-14-12-10-8-6-4-2;1-5(2,3)4/h17-20H,3-16,21-36H2,1-2H3;(H2,1,2,3,4)/b19-17+,20-18+;. The van der Waals surface area contributed by atoms with E-state index in [-0.39, 0.29) is 0 Å². The first-order valence-electron chi connectivity index (χ1n) is 18.0. The molecule has 5 nitrogen and oxygen atoms in total. The van der Waals surface area contributed by atoms with E-state index in [0.717, 1.165) is 13.2 Å². The Morgan fingerprint density at radius 2 is 0.619 bits per heavy atom. The molecule has 0 saturated carbocycles. The van der Waals surface area contributed by atoms with Gasteiger partial charge in [-0.3, -0.25) is 9.11 Å². The monoisotopic (exact) mass is 617 g/mol. The fourth-order valence-corrected chi connectivity index (χ4v) is 5.01. The van der Waals surface area contributed by atoms with Crippen molar-refractivity contribution in [3.63, 3.8) is 0 Å². The summed E-state index contributed by atoms with van der Waals surface area (Å²) in [5.74, 6) is 0. The van der Waals surface area contributed by atoms with Crippen LogP contribution in [-0.4, -0.2) is 30.7 Å². The van der Waals surface area contributed by atoms with E-state index in [1.165, 1.54) is 180 Å². The number of rotatable bonds is 32. The average Bonchev–Trinajstić information content (AvgIpc) is 2.94. The van der Waals surface area contributed by atoms with Gasteiger partial charge in [-0.15, -0.1) is 0 Å². The Labute approximate surface area is 263 Å². The predicted molar refractivity (Wildman–Crippen MR) is 184 cm³/mol. The van der Waals surface area contributed by atoms with E-state index in [1.54, 1.807) is 0 Å². The molecule has 0 aliphatic rings. The van der Waals surface area contributed by atoms with Crippen molar-refractivity contribution < 1.29 is 22.3 Å². The fraction of sp³-hybridized carbons (Fsp3) is 0.889. The van der Waals surface area contributed by atoms with Gasteiger partial charge in [0.2, 0.25) is 0 Å². The van der Waals surface area contributed by atoms with Gasteiger partial charge in [0.25, 0.3) is 0 Å². The summed E-state index contributed by atoms with van der Waals surface area (Å²) >= 11 is 0. The first kappa shape index (κ1) is 43.4. The lowest BCUT2D eigenvalue weighted by Gasteiger charge is -2.05. The highest BCUT2D eigenvalue weighted by atomic mass is 32.3. The molecule has 0 fully saturated rings. The van der Waals surface area contributed by atoms with Crippen molar-refractivity contribution in [2.75, 3.05) is 13.2 Å². The Morgan fingerprint density at radius 3 is 0.881 bits per heavy atom. The maximum atomic E-state index is 8.74. The van der Waals surface area contributed by atoms with Gasteiger partial charge in [-0.2, -0.15) is 8.42 Å². The second kappa shape index (κ2) is 38.3. The van der Waals surface area contributed by atoms with Crippen LogP contribution in [0.3, 0.4) is 0 Å². The van der Waals surface area contributed by atoms with E-state index in [9.17, 15) is 0 Å². The van der Waals surface area contributed by atoms with Crippen LogP contribution in [0.2, 0.25) is 0 Å². The molecule has 0 radical (unpaired) electrons. The molecule has 2 N–H and O–H groups in total. The molecule has 0 aliphatic heterocycles. The van der Waals surface area contributed by atoms with E-state index in [0.29, 0.717) is 0 Å². The number of allylic oxidation sites excluding steroid dienone is 4. The quantitative estimate of drug-likeness (QED) is 0.0446. The third kappa shape index (κ3) is 52.0. The summed E-state index contributed by atoms with van der Waals surface area (Å²) in [5.41, 5.74) is 0. The van der Waals surface area contributed by atoms with Gasteiger partial charge in [-0.1, -0.05) is 154 Å². The van der Waals surface area contributed by atoms with E-state index in [1.807, 2.05) is 0 Å². The minimum Gasteiger partial charge on any atom is -0.381 e. The summed E-state index contributed by atoms with van der Waals surface area (Å²) in [6.07, 6.45) is 48.1. The molecule has 0 unspecified atom stereocenters. The summed E-state index contributed by atoms with van der Waals surface area (Å²) in [6, 6.07) is 0. The van der Waals surface area contributed by atoms with Crippen molar-refractivity contribution in [1.82, 2.24) is 0 Å². The molecule has 0 bridgehead atoms. The maximum absolute atomic E-state index is 8.74. The predicted octanol–water partition coefficient (Wildman–Crippen LogP) is 12.4. The van der Waals surface area contributed by atoms with E-state index < -0.39 is 10.4 Å². The molecular formula is C36H72O5S. The minimum atomic E-state index is -4.67. The van der Waals surface area contributed by atoms with Crippen LogP contribution in [0.15, 0.2) is 24.3 Å². The highest BCUT2D eigenvalue weighted by molar-refractivity contribution is 7.79. The molecule has 0 atom stereocenters. The van der Waals surface area contributed by atoms with Gasteiger partial charge >= 0.3 is 10.4 Å². The van der Waals surface area contributed by atoms with Crippen molar-refractivity contribution in [3.05, 3.63) is 24.3 Å². The number of hydrogen-bond acceptors (Lipinski definition) is 3. The van der Waals surface area contributed by atoms with Crippen LogP contribution >= 0.6 is 0 Å². The smallest absolute Gasteiger partial charge is 0.381 e. The van der Waals surface area contributed by atoms with Crippen molar-refractivity contribution >= 4 is 10.4 Å². The minimum absolute atomic E-state index is 0.978. The molecule has 42 heavy (non-hydrogen) atoms. The molecule has 0 aromatic rings. The van der Waals surface area contributed by atoms with E-state index in [2.05, 4.69) is 38.2 Å². The van der Waals surface area contributed by atoms with Gasteiger partial charge in [-0.05, 0) is 64.2 Å². The third-order valence-corrected chi connectivity index (χ3v) is 7.60. The summed E-state index contributed by atoms with van der Waals surface area (Å²) in [5, 5.41) is 0. The van der Waals surface area contributed by atoms with Crippen LogP contribution in [-0.2, 0) is 15.1 Å². The van der Waals surface area contributed by atoms with Gasteiger partial charge in [0, 0.05) is 13.2 Å². The van der Waals surface area contributed by atoms with Crippen LogP contribution < -0.4 is 0 Å². The van der Waals surface area contributed by atoms with Gasteiger partial charge in [-0.25, -0.2) is 0 Å². The van der Waals surface area contributed by atoms with Crippen LogP contribution in [0.25, 0.3) is 0 Å². The molecule has 0 spiro atoms. The SMILES string of the molecule is CCCCCCCC/C=C/CCCCCCCCOCCCCCCCC/C=C/CCCCCCCC.O=S(=O)(O)O. The molecule has 0 amide bonds. The lowest BCUT2D eigenvalue weighted by atomic mass is 10.1. The first-order chi connectivity index (χ1) is 20.4. The normalized spacial score (nSPS) is 11.9. The molecular weight excluding hydrogens is 544 g/mol. The lowest BCUT2D eigenvalue weighted by molar-refractivity contribution is 0.125. The van der Waals surface area contributed by atoms with E-state index in [4.69, 9.17) is 22.3 Å². The summed E-state index contributed by atoms with van der Waals surface area (Å²) in [7, 11) is -4.67. The molecule has 0 heterocycles. The van der Waals surface area contributed by atoms with Gasteiger partial charge in [0.1, 0.15) is 0 Å². The van der Waals surface area contributed by atoms with Gasteiger partial charge in [0.15, 0.2) is 0 Å². The van der Waals surface area contributed by atoms with Crippen molar-refractivity contribution in [3.8, 4) is 0 Å². The molecule has 0 saturated heterocycles. The molecule has 0 aromatic heterocycles. The highest BCUT2D eigenvalue weighted by Gasteiger charge is 1.95. The Balaban J connectivity index is 0. The van der Waals surface area contributed by atoms with Gasteiger partial charge < -0.3 is 4.74 Å². The molecule has 0 rings (SSSR count). The Hall–Kier alpha value is -0.690. The van der Waals surface area contributed by atoms with Crippen molar-refractivity contribution in [2.24, 2.45) is 0 Å². The average molecular weight is 617 g/mol.